The minimum atomic E-state index is -1.29. The predicted molar refractivity (Wildman–Crippen MR) is 92.1 cm³/mol. The molecule has 138 valence electrons. The van der Waals surface area contributed by atoms with Crippen LogP contribution in [0.4, 0.5) is 0 Å². The van der Waals surface area contributed by atoms with E-state index in [0.717, 1.165) is 18.6 Å². The Kier molecular flexibility index (Phi) is 4.65. The molecule has 1 amide bonds. The van der Waals surface area contributed by atoms with Gasteiger partial charge in [-0.05, 0) is 25.0 Å². The van der Waals surface area contributed by atoms with E-state index < -0.39 is 5.60 Å². The molecule has 1 atom stereocenters. The van der Waals surface area contributed by atoms with Crippen molar-refractivity contribution in [1.82, 2.24) is 10.1 Å². The molecule has 26 heavy (non-hydrogen) atoms. The molecule has 1 aliphatic heterocycles. The van der Waals surface area contributed by atoms with Gasteiger partial charge in [0, 0.05) is 18.5 Å². The van der Waals surface area contributed by atoms with E-state index in [1.165, 1.54) is 0 Å². The van der Waals surface area contributed by atoms with Crippen LogP contribution in [0.25, 0.3) is 0 Å². The van der Waals surface area contributed by atoms with Gasteiger partial charge in [-0.25, -0.2) is 0 Å². The number of hydrogen-bond acceptors (Lipinski definition) is 6. The molecule has 4 rings (SSSR count). The molecule has 1 saturated heterocycles. The number of rotatable bonds is 5. The zero-order valence-electron chi connectivity index (χ0n) is 14.5. The van der Waals surface area contributed by atoms with E-state index in [2.05, 4.69) is 5.16 Å². The molecule has 0 spiro atoms. The Morgan fingerprint density at radius 3 is 2.92 bits per heavy atom. The first kappa shape index (κ1) is 17.1. The van der Waals surface area contributed by atoms with E-state index in [1.54, 1.807) is 11.0 Å². The average molecular weight is 358 g/mol. The maximum Gasteiger partial charge on any atom is 0.276 e. The molecule has 1 aromatic heterocycles. The van der Waals surface area contributed by atoms with Crippen LogP contribution in [0.3, 0.4) is 0 Å². The fourth-order valence-electron chi connectivity index (χ4n) is 3.02. The summed E-state index contributed by atoms with van der Waals surface area (Å²) in [6.45, 7) is 0.998. The second-order valence-corrected chi connectivity index (χ2v) is 6.99. The molecule has 0 unspecified atom stereocenters. The second kappa shape index (κ2) is 7.09. The number of ether oxygens (including phenoxy) is 2. The van der Waals surface area contributed by atoms with E-state index in [1.807, 2.05) is 30.3 Å². The first-order valence-corrected chi connectivity index (χ1v) is 8.87. The molecule has 1 saturated carbocycles. The van der Waals surface area contributed by atoms with Gasteiger partial charge in [0.05, 0.1) is 19.8 Å². The van der Waals surface area contributed by atoms with E-state index in [9.17, 15) is 9.90 Å². The molecule has 2 heterocycles. The Hall–Kier alpha value is -2.38. The van der Waals surface area contributed by atoms with Gasteiger partial charge in [0.25, 0.3) is 5.91 Å². The van der Waals surface area contributed by atoms with Crippen LogP contribution < -0.4 is 4.74 Å². The van der Waals surface area contributed by atoms with Gasteiger partial charge in [-0.3, -0.25) is 4.79 Å². The van der Waals surface area contributed by atoms with Gasteiger partial charge in [0.15, 0.2) is 5.69 Å². The summed E-state index contributed by atoms with van der Waals surface area (Å²) < 4.78 is 16.5. The first-order valence-electron chi connectivity index (χ1n) is 8.87. The zero-order valence-corrected chi connectivity index (χ0v) is 14.5. The Bertz CT molecular complexity index is 758. The summed E-state index contributed by atoms with van der Waals surface area (Å²) in [5.41, 5.74) is -1.01. The lowest BCUT2D eigenvalue weighted by Crippen LogP contribution is -2.50. The van der Waals surface area contributed by atoms with Crippen molar-refractivity contribution >= 4 is 5.91 Å². The van der Waals surface area contributed by atoms with Crippen molar-refractivity contribution in [3.8, 4) is 5.75 Å². The second-order valence-electron chi connectivity index (χ2n) is 6.99. The van der Waals surface area contributed by atoms with Crippen molar-refractivity contribution in [3.63, 3.8) is 0 Å². The standard InChI is InChI=1S/C19H22N2O5/c22-18(16-10-17(26-20-16)14-6-7-14)21-8-9-24-12-19(23,11-21)13-25-15-4-2-1-3-5-15/h1-5,10,14,23H,6-9,11-13H2/t19-/m0/s1. The minimum absolute atomic E-state index is 0.0347. The zero-order chi connectivity index (χ0) is 18.0. The monoisotopic (exact) mass is 358 g/mol. The third kappa shape index (κ3) is 3.89. The third-order valence-electron chi connectivity index (χ3n) is 4.63. The molecule has 0 bridgehead atoms. The maximum atomic E-state index is 12.8. The number of nitrogens with zero attached hydrogens (tertiary/aromatic N) is 2. The average Bonchev–Trinajstić information content (AvgIpc) is 3.43. The van der Waals surface area contributed by atoms with E-state index in [-0.39, 0.29) is 31.4 Å². The smallest absolute Gasteiger partial charge is 0.276 e. The van der Waals surface area contributed by atoms with E-state index in [4.69, 9.17) is 14.0 Å². The van der Waals surface area contributed by atoms with Crippen molar-refractivity contribution in [1.29, 1.82) is 0 Å². The lowest BCUT2D eigenvalue weighted by molar-refractivity contribution is -0.0621. The van der Waals surface area contributed by atoms with Crippen LogP contribution in [0, 0.1) is 0 Å². The molecule has 1 N–H and O–H groups in total. The van der Waals surface area contributed by atoms with Crippen molar-refractivity contribution in [2.75, 3.05) is 32.9 Å². The normalized spacial score (nSPS) is 23.5. The summed E-state index contributed by atoms with van der Waals surface area (Å²) in [4.78, 5) is 14.3. The minimum Gasteiger partial charge on any atom is -0.490 e. The van der Waals surface area contributed by atoms with Gasteiger partial charge in [-0.1, -0.05) is 23.4 Å². The van der Waals surface area contributed by atoms with Crippen LogP contribution in [-0.2, 0) is 4.74 Å². The first-order chi connectivity index (χ1) is 12.6. The maximum absolute atomic E-state index is 12.8. The summed E-state index contributed by atoms with van der Waals surface area (Å²) >= 11 is 0. The Balaban J connectivity index is 1.43. The Labute approximate surface area is 151 Å². The molecule has 2 aromatic rings. The number of benzene rings is 1. The highest BCUT2D eigenvalue weighted by molar-refractivity contribution is 5.92. The number of amides is 1. The van der Waals surface area contributed by atoms with Crippen LogP contribution in [0.1, 0.15) is 35.0 Å². The van der Waals surface area contributed by atoms with Crippen molar-refractivity contribution < 1.29 is 23.9 Å². The quantitative estimate of drug-likeness (QED) is 0.878. The predicted octanol–water partition coefficient (Wildman–Crippen LogP) is 1.83. The molecule has 7 nitrogen and oxygen atoms in total. The Morgan fingerprint density at radius 2 is 2.15 bits per heavy atom. The molecule has 2 aliphatic rings. The van der Waals surface area contributed by atoms with Gasteiger partial charge >= 0.3 is 0 Å². The van der Waals surface area contributed by atoms with Crippen LogP contribution in [0.15, 0.2) is 40.9 Å². The SMILES string of the molecule is O=C(c1cc(C2CC2)on1)N1CCOC[C@](O)(COc2ccccc2)C1. The summed E-state index contributed by atoms with van der Waals surface area (Å²) in [6, 6.07) is 11.0. The number of aromatic nitrogens is 1. The lowest BCUT2D eigenvalue weighted by Gasteiger charge is -2.30. The number of para-hydroxylation sites is 1. The van der Waals surface area contributed by atoms with Gasteiger partial charge in [-0.2, -0.15) is 0 Å². The molecular weight excluding hydrogens is 336 g/mol. The van der Waals surface area contributed by atoms with Crippen LogP contribution in [0.5, 0.6) is 5.75 Å². The fraction of sp³-hybridized carbons (Fsp3) is 0.474. The highest BCUT2D eigenvalue weighted by atomic mass is 16.5. The number of β-amino-alcohol motifs (C(OH)–C–C–N with tert-alkyl or cyclic N) is 1. The molecule has 1 aliphatic carbocycles. The van der Waals surface area contributed by atoms with Crippen LogP contribution in [0.2, 0.25) is 0 Å². The molecule has 1 aromatic carbocycles. The summed E-state index contributed by atoms with van der Waals surface area (Å²) in [7, 11) is 0. The van der Waals surface area contributed by atoms with Crippen molar-refractivity contribution in [2.45, 2.75) is 24.4 Å². The number of aliphatic hydroxyl groups is 1. The fourth-order valence-corrected chi connectivity index (χ4v) is 3.02. The summed E-state index contributed by atoms with van der Waals surface area (Å²) in [6.07, 6.45) is 2.16. The topological polar surface area (TPSA) is 85.0 Å². The van der Waals surface area contributed by atoms with Gasteiger partial charge in [0.1, 0.15) is 23.7 Å². The van der Waals surface area contributed by atoms with E-state index >= 15 is 0 Å². The van der Waals surface area contributed by atoms with Crippen molar-refractivity contribution in [3.05, 3.63) is 47.9 Å². The van der Waals surface area contributed by atoms with Gasteiger partial charge < -0.3 is 24.0 Å². The molecular formula is C19H22N2O5. The Morgan fingerprint density at radius 1 is 1.35 bits per heavy atom. The summed E-state index contributed by atoms with van der Waals surface area (Å²) in [5, 5.41) is 14.8. The molecule has 0 radical (unpaired) electrons. The van der Waals surface area contributed by atoms with E-state index in [0.29, 0.717) is 24.8 Å². The lowest BCUT2D eigenvalue weighted by atomic mass is 10.1. The van der Waals surface area contributed by atoms with Gasteiger partial charge in [-0.15, -0.1) is 0 Å². The summed E-state index contributed by atoms with van der Waals surface area (Å²) in [5.74, 6) is 1.56. The van der Waals surface area contributed by atoms with Gasteiger partial charge in [0.2, 0.25) is 0 Å². The van der Waals surface area contributed by atoms with Crippen LogP contribution >= 0.6 is 0 Å². The molecule has 7 heteroatoms. The largest absolute Gasteiger partial charge is 0.490 e. The highest BCUT2D eigenvalue weighted by Gasteiger charge is 2.37. The third-order valence-corrected chi connectivity index (χ3v) is 4.63. The van der Waals surface area contributed by atoms with Crippen molar-refractivity contribution in [2.24, 2.45) is 0 Å². The number of carbonyl (C=O) groups is 1. The van der Waals surface area contributed by atoms with Crippen LogP contribution in [-0.4, -0.2) is 59.6 Å². The number of carbonyl (C=O) groups excluding carboxylic acids is 1. The highest BCUT2D eigenvalue weighted by Crippen LogP contribution is 2.40. The number of hydrogen-bond donors (Lipinski definition) is 1. The molecule has 2 fully saturated rings.